The van der Waals surface area contributed by atoms with Crippen LogP contribution in [0.2, 0.25) is 18.1 Å². The molecular weight excluding hydrogens is 212 g/mol. The van der Waals surface area contributed by atoms with E-state index in [-0.39, 0.29) is 0 Å². The Labute approximate surface area is 99.9 Å². The normalized spacial score (nSPS) is 11.4. The topological polar surface area (TPSA) is 17.1 Å². The Balaban J connectivity index is 2.78. The van der Waals surface area contributed by atoms with Crippen LogP contribution in [0.15, 0.2) is 30.3 Å². The summed E-state index contributed by atoms with van der Waals surface area (Å²) >= 11 is 0. The second kappa shape index (κ2) is 5.99. The molecule has 88 valence electrons. The predicted octanol–water partition coefficient (Wildman–Crippen LogP) is 3.85. The fourth-order valence-electron chi connectivity index (χ4n) is 2.31. The van der Waals surface area contributed by atoms with Crippen LogP contribution in [-0.2, 0) is 11.2 Å². The van der Waals surface area contributed by atoms with E-state index in [0.717, 1.165) is 18.1 Å². The highest BCUT2D eigenvalue weighted by Gasteiger charge is 2.34. The van der Waals surface area contributed by atoms with Crippen molar-refractivity contribution in [3.05, 3.63) is 35.9 Å². The molecule has 1 nitrogen and oxygen atoms in total. The molecule has 0 N–H and O–H groups in total. The van der Waals surface area contributed by atoms with Crippen LogP contribution in [0.1, 0.15) is 26.3 Å². The zero-order valence-electron chi connectivity index (χ0n) is 10.6. The van der Waals surface area contributed by atoms with Gasteiger partial charge in [0, 0.05) is 6.42 Å². The van der Waals surface area contributed by atoms with E-state index >= 15 is 0 Å². The van der Waals surface area contributed by atoms with Crippen LogP contribution in [-0.4, -0.2) is 13.5 Å². The molecule has 1 aromatic carbocycles. The molecule has 0 aliphatic heterocycles. The smallest absolute Gasteiger partial charge is 0.132 e. The fraction of sp³-hybridized carbons (Fsp3) is 0.500. The zero-order chi connectivity index (χ0) is 12.0. The average Bonchev–Trinajstić information content (AvgIpc) is 2.33. The van der Waals surface area contributed by atoms with Gasteiger partial charge in [-0.3, -0.25) is 0 Å². The Hall–Kier alpha value is -0.893. The molecule has 0 heterocycles. The van der Waals surface area contributed by atoms with Crippen LogP contribution >= 0.6 is 0 Å². The van der Waals surface area contributed by atoms with Gasteiger partial charge < -0.3 is 4.79 Å². The van der Waals surface area contributed by atoms with Crippen LogP contribution in [0.3, 0.4) is 0 Å². The van der Waals surface area contributed by atoms with Gasteiger partial charge >= 0.3 is 0 Å². The summed E-state index contributed by atoms with van der Waals surface area (Å²) in [5, 5.41) is 0.534. The van der Waals surface area contributed by atoms with E-state index in [1.54, 1.807) is 0 Å². The van der Waals surface area contributed by atoms with Gasteiger partial charge in [-0.05, 0) is 5.56 Å². The molecule has 0 aromatic heterocycles. The van der Waals surface area contributed by atoms with Crippen LogP contribution in [0, 0.1) is 0 Å². The second-order valence-electron chi connectivity index (χ2n) is 4.43. The van der Waals surface area contributed by atoms with Crippen LogP contribution < -0.4 is 0 Å². The lowest BCUT2D eigenvalue weighted by Crippen LogP contribution is -2.43. The first-order valence-corrected chi connectivity index (χ1v) is 8.88. The molecule has 0 unspecified atom stereocenters. The Morgan fingerprint density at radius 3 is 1.94 bits per heavy atom. The molecule has 0 saturated carbocycles. The van der Waals surface area contributed by atoms with Gasteiger partial charge in [0.1, 0.15) is 13.5 Å². The third kappa shape index (κ3) is 2.82. The van der Waals surface area contributed by atoms with Crippen molar-refractivity contribution in [3.8, 4) is 0 Å². The van der Waals surface area contributed by atoms with Crippen molar-refractivity contribution in [2.75, 3.05) is 0 Å². The molecule has 0 bridgehead atoms. The fourth-order valence-corrected chi connectivity index (χ4v) is 5.57. The van der Waals surface area contributed by atoms with Gasteiger partial charge in [-0.25, -0.2) is 0 Å². The highest BCUT2D eigenvalue weighted by Crippen LogP contribution is 2.23. The minimum atomic E-state index is -1.64. The summed E-state index contributed by atoms with van der Waals surface area (Å²) in [6, 6.07) is 13.4. The standard InChI is InChI=1S/C14H22OSi/c1-4-16(5-2,6-3)14(15)12-13-10-8-7-9-11-13/h7-11H,4-6,12H2,1-3H3. The Bertz CT molecular complexity index is 320. The third-order valence-electron chi connectivity index (χ3n) is 3.83. The van der Waals surface area contributed by atoms with E-state index in [1.807, 2.05) is 18.2 Å². The summed E-state index contributed by atoms with van der Waals surface area (Å²) in [7, 11) is -1.64. The Kier molecular flexibility index (Phi) is 4.94. The lowest BCUT2D eigenvalue weighted by molar-refractivity contribution is -0.112. The quantitative estimate of drug-likeness (QED) is 0.683. The SMILES string of the molecule is CC[Si](CC)(CC)C(=O)Cc1ccccc1. The van der Waals surface area contributed by atoms with Crippen molar-refractivity contribution in [2.45, 2.75) is 45.3 Å². The predicted molar refractivity (Wildman–Crippen MR) is 72.4 cm³/mol. The summed E-state index contributed by atoms with van der Waals surface area (Å²) in [5.74, 6) is 0. The largest absolute Gasteiger partial charge is 0.305 e. The van der Waals surface area contributed by atoms with Crippen LogP contribution in [0.5, 0.6) is 0 Å². The molecule has 0 saturated heterocycles. The maximum absolute atomic E-state index is 12.4. The molecule has 0 amide bonds. The van der Waals surface area contributed by atoms with E-state index in [9.17, 15) is 4.79 Å². The van der Waals surface area contributed by atoms with Crippen molar-refractivity contribution in [3.63, 3.8) is 0 Å². The molecule has 16 heavy (non-hydrogen) atoms. The highest BCUT2D eigenvalue weighted by atomic mass is 28.3. The Morgan fingerprint density at radius 1 is 1.00 bits per heavy atom. The van der Waals surface area contributed by atoms with Crippen LogP contribution in [0.4, 0.5) is 0 Å². The first-order chi connectivity index (χ1) is 7.68. The highest BCUT2D eigenvalue weighted by molar-refractivity contribution is 7.06. The molecule has 1 aromatic rings. The molecule has 1 rings (SSSR count). The molecule has 0 fully saturated rings. The first-order valence-electron chi connectivity index (χ1n) is 6.25. The molecule has 0 aliphatic rings. The number of carbonyl (C=O) groups excluding carboxylic acids is 1. The maximum Gasteiger partial charge on any atom is 0.132 e. The summed E-state index contributed by atoms with van der Waals surface area (Å²) in [6.45, 7) is 6.55. The lowest BCUT2D eigenvalue weighted by atomic mass is 10.2. The molecule has 0 spiro atoms. The minimum Gasteiger partial charge on any atom is -0.305 e. The maximum atomic E-state index is 12.4. The monoisotopic (exact) mass is 234 g/mol. The zero-order valence-corrected chi connectivity index (χ0v) is 11.6. The van der Waals surface area contributed by atoms with Crippen molar-refractivity contribution >= 4 is 13.5 Å². The summed E-state index contributed by atoms with van der Waals surface area (Å²) < 4.78 is 0. The molecule has 0 aliphatic carbocycles. The van der Waals surface area contributed by atoms with Gasteiger partial charge in [-0.2, -0.15) is 0 Å². The van der Waals surface area contributed by atoms with Gasteiger partial charge in [-0.15, -0.1) is 0 Å². The van der Waals surface area contributed by atoms with Gasteiger partial charge in [0.05, 0.1) is 0 Å². The van der Waals surface area contributed by atoms with E-state index in [0.29, 0.717) is 11.8 Å². The second-order valence-corrected chi connectivity index (χ2v) is 9.67. The first kappa shape index (κ1) is 13.2. The summed E-state index contributed by atoms with van der Waals surface area (Å²) in [4.78, 5) is 12.4. The van der Waals surface area contributed by atoms with E-state index in [2.05, 4.69) is 32.9 Å². The van der Waals surface area contributed by atoms with Crippen molar-refractivity contribution in [1.29, 1.82) is 0 Å². The number of carbonyl (C=O) groups is 1. The third-order valence-corrected chi connectivity index (χ3v) is 9.25. The van der Waals surface area contributed by atoms with E-state index in [4.69, 9.17) is 0 Å². The summed E-state index contributed by atoms with van der Waals surface area (Å²) in [6.07, 6.45) is 0.641. The van der Waals surface area contributed by atoms with Gasteiger partial charge in [0.2, 0.25) is 0 Å². The Morgan fingerprint density at radius 2 is 1.50 bits per heavy atom. The van der Waals surface area contributed by atoms with Crippen molar-refractivity contribution in [2.24, 2.45) is 0 Å². The average molecular weight is 234 g/mol. The molecule has 0 radical (unpaired) electrons. The minimum absolute atomic E-state index is 0.534. The van der Waals surface area contributed by atoms with E-state index < -0.39 is 8.07 Å². The number of benzene rings is 1. The van der Waals surface area contributed by atoms with Gasteiger partial charge in [-0.1, -0.05) is 69.2 Å². The van der Waals surface area contributed by atoms with Gasteiger partial charge in [0.15, 0.2) is 0 Å². The van der Waals surface area contributed by atoms with Crippen molar-refractivity contribution < 1.29 is 4.79 Å². The number of hydrogen-bond donors (Lipinski definition) is 0. The van der Waals surface area contributed by atoms with Crippen molar-refractivity contribution in [1.82, 2.24) is 0 Å². The molecular formula is C14H22OSi. The summed E-state index contributed by atoms with van der Waals surface area (Å²) in [5.41, 5.74) is 1.17. The number of hydrogen-bond acceptors (Lipinski definition) is 1. The van der Waals surface area contributed by atoms with E-state index in [1.165, 1.54) is 5.56 Å². The lowest BCUT2D eigenvalue weighted by Gasteiger charge is -2.26. The van der Waals surface area contributed by atoms with Gasteiger partial charge in [0.25, 0.3) is 0 Å². The number of rotatable bonds is 6. The van der Waals surface area contributed by atoms with Crippen LogP contribution in [0.25, 0.3) is 0 Å². The molecule has 0 atom stereocenters. The molecule has 2 heteroatoms.